The average Bonchev–Trinajstić information content (AvgIpc) is 2.76. The third-order valence-corrected chi connectivity index (χ3v) is 7.89. The maximum absolute atomic E-state index is 12.9. The molecule has 0 aromatic heterocycles. The lowest BCUT2D eigenvalue weighted by Gasteiger charge is -2.45. The second-order valence-electron chi connectivity index (χ2n) is 10.2. The number of hydrogen-bond acceptors (Lipinski definition) is 4. The first-order valence-corrected chi connectivity index (χ1v) is 12.4. The highest BCUT2D eigenvalue weighted by molar-refractivity contribution is 5.79. The van der Waals surface area contributed by atoms with Gasteiger partial charge in [0.2, 0.25) is 11.8 Å². The molecule has 0 aromatic carbocycles. The number of hydrogen-bond donors (Lipinski definition) is 0. The molecule has 3 rings (SSSR count). The van der Waals surface area contributed by atoms with Crippen molar-refractivity contribution in [2.24, 2.45) is 0 Å². The SMILES string of the molecule is C[C@@H]1CN(CC(=O)N(C)C2CCCCC2)C[C@H](C)N1CC(=O)N(C)C1CCCCC1. The molecule has 2 amide bonds. The van der Waals surface area contributed by atoms with E-state index in [0.717, 1.165) is 38.8 Å². The van der Waals surface area contributed by atoms with Crippen LogP contribution < -0.4 is 0 Å². The summed E-state index contributed by atoms with van der Waals surface area (Å²) in [5.41, 5.74) is 0. The summed E-state index contributed by atoms with van der Waals surface area (Å²) in [5, 5.41) is 0. The first-order chi connectivity index (χ1) is 14.4. The highest BCUT2D eigenvalue weighted by atomic mass is 16.2. The minimum absolute atomic E-state index is 0.252. The van der Waals surface area contributed by atoms with Crippen LogP contribution in [0.4, 0.5) is 0 Å². The van der Waals surface area contributed by atoms with Crippen molar-refractivity contribution in [3.05, 3.63) is 0 Å². The number of rotatable bonds is 6. The van der Waals surface area contributed by atoms with Crippen LogP contribution in [0, 0.1) is 0 Å². The van der Waals surface area contributed by atoms with E-state index >= 15 is 0 Å². The molecule has 6 nitrogen and oxygen atoms in total. The highest BCUT2D eigenvalue weighted by Crippen LogP contribution is 2.24. The van der Waals surface area contributed by atoms with Crippen LogP contribution in [-0.4, -0.2) is 95.9 Å². The largest absolute Gasteiger partial charge is 0.342 e. The summed E-state index contributed by atoms with van der Waals surface area (Å²) in [6, 6.07) is 1.41. The van der Waals surface area contributed by atoms with E-state index in [0.29, 0.717) is 25.2 Å². The monoisotopic (exact) mass is 420 g/mol. The molecule has 1 saturated heterocycles. The quantitative estimate of drug-likeness (QED) is 0.663. The average molecular weight is 421 g/mol. The lowest BCUT2D eigenvalue weighted by atomic mass is 9.94. The Morgan fingerprint density at radius 3 is 1.53 bits per heavy atom. The van der Waals surface area contributed by atoms with Gasteiger partial charge in [-0.05, 0) is 39.5 Å². The maximum atomic E-state index is 12.9. The van der Waals surface area contributed by atoms with E-state index in [1.165, 1.54) is 38.5 Å². The molecule has 1 aliphatic heterocycles. The van der Waals surface area contributed by atoms with E-state index in [1.807, 2.05) is 23.9 Å². The maximum Gasteiger partial charge on any atom is 0.236 e. The standard InChI is InChI=1S/C24H44N4O2/c1-19-15-27(17-23(29)25(3)21-11-7-5-8-12-21)16-20(2)28(19)18-24(30)26(4)22-13-9-6-10-14-22/h19-22H,5-18H2,1-4H3/t19-,20+. The van der Waals surface area contributed by atoms with Crippen molar-refractivity contribution in [1.29, 1.82) is 0 Å². The molecule has 3 aliphatic rings. The second-order valence-corrected chi connectivity index (χ2v) is 10.2. The Morgan fingerprint density at radius 1 is 0.700 bits per heavy atom. The summed E-state index contributed by atoms with van der Waals surface area (Å²) in [7, 11) is 3.98. The number of carbonyl (C=O) groups is 2. The van der Waals surface area contributed by atoms with E-state index in [4.69, 9.17) is 0 Å². The molecule has 0 bridgehead atoms. The smallest absolute Gasteiger partial charge is 0.236 e. The van der Waals surface area contributed by atoms with Crippen LogP contribution in [0.15, 0.2) is 0 Å². The van der Waals surface area contributed by atoms with Crippen LogP contribution in [0.5, 0.6) is 0 Å². The zero-order valence-corrected chi connectivity index (χ0v) is 19.8. The molecular formula is C24H44N4O2. The zero-order valence-electron chi connectivity index (χ0n) is 19.8. The van der Waals surface area contributed by atoms with Gasteiger partial charge in [0.15, 0.2) is 0 Å². The third-order valence-electron chi connectivity index (χ3n) is 7.89. The molecule has 3 fully saturated rings. The van der Waals surface area contributed by atoms with Gasteiger partial charge in [0.05, 0.1) is 13.1 Å². The molecule has 1 heterocycles. The van der Waals surface area contributed by atoms with Gasteiger partial charge in [0, 0.05) is 51.4 Å². The summed E-state index contributed by atoms with van der Waals surface area (Å²) < 4.78 is 0. The molecule has 0 unspecified atom stereocenters. The van der Waals surface area contributed by atoms with Gasteiger partial charge in [0.25, 0.3) is 0 Å². The van der Waals surface area contributed by atoms with Crippen molar-refractivity contribution >= 4 is 11.8 Å². The number of amides is 2. The summed E-state index contributed by atoms with van der Waals surface area (Å²) in [4.78, 5) is 34.4. The molecule has 2 atom stereocenters. The van der Waals surface area contributed by atoms with Crippen LogP contribution in [0.3, 0.4) is 0 Å². The van der Waals surface area contributed by atoms with Gasteiger partial charge in [-0.2, -0.15) is 0 Å². The van der Waals surface area contributed by atoms with Crippen LogP contribution in [0.2, 0.25) is 0 Å². The summed E-state index contributed by atoms with van der Waals surface area (Å²) in [6.07, 6.45) is 12.2. The minimum Gasteiger partial charge on any atom is -0.342 e. The Balaban J connectivity index is 1.48. The topological polar surface area (TPSA) is 47.1 Å². The van der Waals surface area contributed by atoms with Crippen LogP contribution in [0.25, 0.3) is 0 Å². The Hall–Kier alpha value is -1.14. The third kappa shape index (κ3) is 5.97. The van der Waals surface area contributed by atoms with Gasteiger partial charge >= 0.3 is 0 Å². The predicted molar refractivity (Wildman–Crippen MR) is 121 cm³/mol. The predicted octanol–water partition coefficient (Wildman–Crippen LogP) is 2.96. The number of likely N-dealkylation sites (N-methyl/N-ethyl adjacent to an activating group) is 2. The first-order valence-electron chi connectivity index (χ1n) is 12.4. The van der Waals surface area contributed by atoms with Crippen LogP contribution in [-0.2, 0) is 9.59 Å². The molecule has 0 spiro atoms. The fourth-order valence-electron chi connectivity index (χ4n) is 5.82. The Labute approximate surface area is 183 Å². The fourth-order valence-corrected chi connectivity index (χ4v) is 5.82. The van der Waals surface area contributed by atoms with E-state index < -0.39 is 0 Å². The molecule has 0 N–H and O–H groups in total. The van der Waals surface area contributed by atoms with Crippen molar-refractivity contribution < 1.29 is 9.59 Å². The molecule has 0 aromatic rings. The van der Waals surface area contributed by atoms with E-state index in [1.54, 1.807) is 0 Å². The van der Waals surface area contributed by atoms with Crippen LogP contribution in [0.1, 0.15) is 78.1 Å². The number of piperazine rings is 1. The summed E-state index contributed by atoms with van der Waals surface area (Å²) >= 11 is 0. The Bertz CT molecular complexity index is 560. The van der Waals surface area contributed by atoms with E-state index in [2.05, 4.69) is 23.6 Å². The summed E-state index contributed by atoms with van der Waals surface area (Å²) in [5.74, 6) is 0.505. The normalized spacial score (nSPS) is 27.7. The van der Waals surface area contributed by atoms with E-state index in [-0.39, 0.29) is 23.9 Å². The van der Waals surface area contributed by atoms with Crippen LogP contribution >= 0.6 is 0 Å². The Kier molecular flexibility index (Phi) is 8.58. The van der Waals surface area contributed by atoms with Crippen molar-refractivity contribution in [2.45, 2.75) is 102 Å². The molecule has 2 saturated carbocycles. The first kappa shape index (κ1) is 23.5. The van der Waals surface area contributed by atoms with Gasteiger partial charge in [-0.1, -0.05) is 38.5 Å². The molecular weight excluding hydrogens is 376 g/mol. The van der Waals surface area contributed by atoms with Gasteiger partial charge in [-0.15, -0.1) is 0 Å². The second kappa shape index (κ2) is 10.9. The lowest BCUT2D eigenvalue weighted by molar-refractivity contribution is -0.138. The Morgan fingerprint density at radius 2 is 1.10 bits per heavy atom. The number of nitrogens with zero attached hydrogens (tertiary/aromatic N) is 4. The van der Waals surface area contributed by atoms with Crippen molar-refractivity contribution in [1.82, 2.24) is 19.6 Å². The fraction of sp³-hybridized carbons (Fsp3) is 0.917. The van der Waals surface area contributed by atoms with Gasteiger partial charge in [-0.3, -0.25) is 19.4 Å². The molecule has 172 valence electrons. The lowest BCUT2D eigenvalue weighted by Crippen LogP contribution is -2.60. The zero-order chi connectivity index (χ0) is 21.7. The molecule has 0 radical (unpaired) electrons. The number of carbonyl (C=O) groups excluding carboxylic acids is 2. The van der Waals surface area contributed by atoms with Crippen molar-refractivity contribution in [2.75, 3.05) is 40.3 Å². The minimum atomic E-state index is 0.252. The molecule has 2 aliphatic carbocycles. The van der Waals surface area contributed by atoms with Crippen molar-refractivity contribution in [3.63, 3.8) is 0 Å². The van der Waals surface area contributed by atoms with Crippen molar-refractivity contribution in [3.8, 4) is 0 Å². The summed E-state index contributed by atoms with van der Waals surface area (Å²) in [6.45, 7) is 7.12. The molecule has 30 heavy (non-hydrogen) atoms. The van der Waals surface area contributed by atoms with Gasteiger partial charge < -0.3 is 9.80 Å². The highest BCUT2D eigenvalue weighted by Gasteiger charge is 2.34. The van der Waals surface area contributed by atoms with Gasteiger partial charge in [-0.25, -0.2) is 0 Å². The molecule has 6 heteroatoms. The van der Waals surface area contributed by atoms with E-state index in [9.17, 15) is 9.59 Å². The van der Waals surface area contributed by atoms with Gasteiger partial charge in [0.1, 0.15) is 0 Å².